The number of rotatable bonds is 7. The minimum Gasteiger partial charge on any atom is -0.281 e. The molecule has 23 heavy (non-hydrogen) atoms. The van der Waals surface area contributed by atoms with Crippen LogP contribution in [0.4, 0.5) is 0 Å². The van der Waals surface area contributed by atoms with Gasteiger partial charge in [-0.2, -0.15) is 0 Å². The Morgan fingerprint density at radius 1 is 1.04 bits per heavy atom. The number of likely N-dealkylation sites (tertiary alicyclic amines) is 1. The maximum Gasteiger partial charge on any atom is 0.243 e. The second kappa shape index (κ2) is 7.83. The van der Waals surface area contributed by atoms with Crippen molar-refractivity contribution in [2.45, 2.75) is 60.1 Å². The van der Waals surface area contributed by atoms with Gasteiger partial charge in [0.25, 0.3) is 0 Å². The molecule has 3 nitrogen and oxygen atoms in total. The summed E-state index contributed by atoms with van der Waals surface area (Å²) in [5.74, 6) is -0.176. The molecule has 3 heterocycles. The molecule has 4 unspecified atom stereocenters. The monoisotopic (exact) mass is 481 g/mol. The molecule has 0 aromatic heterocycles. The fraction of sp³-hybridized carbons (Fsp3) is 0.750. The minimum atomic E-state index is -0.234. The van der Waals surface area contributed by atoms with Gasteiger partial charge < -0.3 is 0 Å². The minimum absolute atomic E-state index is 0.0257. The first-order valence-corrected chi connectivity index (χ1v) is 11.8. The van der Waals surface area contributed by atoms with E-state index in [1.807, 2.05) is 0 Å². The molecular weight excluding hydrogens is 462 g/mol. The van der Waals surface area contributed by atoms with E-state index >= 15 is 0 Å². The third kappa shape index (κ3) is 3.44. The molecule has 2 saturated heterocycles. The number of amides is 2. The molecule has 0 spiro atoms. The van der Waals surface area contributed by atoms with Gasteiger partial charge in [-0.25, -0.2) is 0 Å². The van der Waals surface area contributed by atoms with E-state index < -0.39 is 0 Å². The van der Waals surface area contributed by atoms with E-state index in [0.29, 0.717) is 6.54 Å². The summed E-state index contributed by atoms with van der Waals surface area (Å²) >= 11 is 10.6. The molecule has 3 aliphatic heterocycles. The van der Waals surface area contributed by atoms with Gasteiger partial charge in [0.1, 0.15) is 5.25 Å². The molecule has 0 aromatic rings. The Labute approximate surface area is 163 Å². The number of nitrogens with zero attached hydrogens (tertiary/aromatic N) is 1. The van der Waals surface area contributed by atoms with Crippen molar-refractivity contribution in [1.82, 2.24) is 4.90 Å². The third-order valence-electron chi connectivity index (χ3n) is 4.70. The quantitative estimate of drug-likeness (QED) is 0.294. The molecule has 4 atom stereocenters. The summed E-state index contributed by atoms with van der Waals surface area (Å²) in [5.41, 5.74) is 1.13. The fourth-order valence-electron chi connectivity index (χ4n) is 3.48. The molecule has 0 aliphatic carbocycles. The second-order valence-corrected chi connectivity index (χ2v) is 11.6. The lowest BCUT2D eigenvalue weighted by atomic mass is 9.97. The highest BCUT2D eigenvalue weighted by Crippen LogP contribution is 2.60. The average Bonchev–Trinajstić information content (AvgIpc) is 3.10. The van der Waals surface area contributed by atoms with Crippen LogP contribution in [0.5, 0.6) is 0 Å². The lowest BCUT2D eigenvalue weighted by Gasteiger charge is -2.18. The van der Waals surface area contributed by atoms with Gasteiger partial charge in [0, 0.05) is 6.54 Å². The van der Waals surface area contributed by atoms with Gasteiger partial charge in [-0.3, -0.25) is 14.5 Å². The van der Waals surface area contributed by atoms with Crippen molar-refractivity contribution in [2.75, 3.05) is 6.54 Å². The Bertz CT molecular complexity index is 540. The molecule has 0 saturated carbocycles. The maximum atomic E-state index is 12.8. The van der Waals surface area contributed by atoms with Crippen LogP contribution in [-0.4, -0.2) is 37.9 Å². The van der Waals surface area contributed by atoms with Crippen LogP contribution in [0, 0.1) is 5.92 Å². The molecule has 0 bridgehead atoms. The Hall–Kier alpha value is 0.540. The van der Waals surface area contributed by atoms with Crippen molar-refractivity contribution in [1.29, 1.82) is 0 Å². The lowest BCUT2D eigenvalue weighted by Crippen LogP contribution is -2.34. The zero-order chi connectivity index (χ0) is 16.6. The summed E-state index contributed by atoms with van der Waals surface area (Å²) in [7, 11) is 0. The highest BCUT2D eigenvalue weighted by atomic mass is 79.9. The van der Waals surface area contributed by atoms with Crippen molar-refractivity contribution < 1.29 is 9.59 Å². The van der Waals surface area contributed by atoms with Crippen molar-refractivity contribution in [3.05, 3.63) is 9.39 Å². The van der Waals surface area contributed by atoms with Crippen LogP contribution in [0.1, 0.15) is 45.4 Å². The predicted molar refractivity (Wildman–Crippen MR) is 105 cm³/mol. The number of alkyl halides is 1. The number of fused-ring (bicyclic) bond motifs is 3. The molecule has 0 aromatic carbocycles. The van der Waals surface area contributed by atoms with E-state index in [1.54, 1.807) is 23.5 Å². The van der Waals surface area contributed by atoms with E-state index in [9.17, 15) is 9.59 Å². The maximum absolute atomic E-state index is 12.8. The number of carbonyl (C=O) groups is 2. The van der Waals surface area contributed by atoms with Crippen LogP contribution in [0.15, 0.2) is 9.39 Å². The first kappa shape index (κ1) is 18.3. The fourth-order valence-corrected chi connectivity index (χ4v) is 9.51. The zero-order valence-electron chi connectivity index (χ0n) is 13.1. The van der Waals surface area contributed by atoms with Gasteiger partial charge in [-0.1, -0.05) is 55.0 Å². The van der Waals surface area contributed by atoms with Gasteiger partial charge >= 0.3 is 0 Å². The van der Waals surface area contributed by atoms with Gasteiger partial charge in [0.15, 0.2) is 0 Å². The van der Waals surface area contributed by atoms with Crippen LogP contribution in [-0.2, 0) is 9.59 Å². The topological polar surface area (TPSA) is 37.4 Å². The molecule has 7 heteroatoms. The number of unbranched alkanes of at least 4 members (excludes halogenated alkanes) is 5. The van der Waals surface area contributed by atoms with Crippen LogP contribution < -0.4 is 0 Å². The van der Waals surface area contributed by atoms with E-state index in [1.165, 1.54) is 30.6 Å². The second-order valence-electron chi connectivity index (χ2n) is 6.25. The molecule has 2 amide bonds. The summed E-state index contributed by atoms with van der Waals surface area (Å²) < 4.78 is 1.31. The average molecular weight is 483 g/mol. The molecule has 0 N–H and O–H groups in total. The van der Waals surface area contributed by atoms with Crippen molar-refractivity contribution in [3.8, 4) is 0 Å². The number of thioether (sulfide) groups is 2. The summed E-state index contributed by atoms with van der Waals surface area (Å²) in [6, 6.07) is 0. The van der Waals surface area contributed by atoms with Crippen LogP contribution >= 0.6 is 55.4 Å². The van der Waals surface area contributed by atoms with Crippen LogP contribution in [0.25, 0.3) is 0 Å². The Balaban J connectivity index is 1.59. The number of imide groups is 1. The van der Waals surface area contributed by atoms with Gasteiger partial charge in [-0.15, -0.1) is 23.5 Å². The Morgan fingerprint density at radius 3 is 2.48 bits per heavy atom. The summed E-state index contributed by atoms with van der Waals surface area (Å²) in [6.07, 6.45) is 7.01. The van der Waals surface area contributed by atoms with Crippen molar-refractivity contribution >= 4 is 67.2 Å². The zero-order valence-corrected chi connectivity index (χ0v) is 17.9. The van der Waals surface area contributed by atoms with Crippen LogP contribution in [0.2, 0.25) is 0 Å². The van der Waals surface area contributed by atoms with Gasteiger partial charge in [-0.05, 0) is 27.9 Å². The van der Waals surface area contributed by atoms with Crippen molar-refractivity contribution in [3.63, 3.8) is 0 Å². The molecule has 0 radical (unpaired) electrons. The van der Waals surface area contributed by atoms with E-state index in [-0.39, 0.29) is 32.4 Å². The smallest absolute Gasteiger partial charge is 0.243 e. The largest absolute Gasteiger partial charge is 0.281 e. The first-order chi connectivity index (χ1) is 11.1. The van der Waals surface area contributed by atoms with Gasteiger partial charge in [0.05, 0.1) is 19.1 Å². The van der Waals surface area contributed by atoms with Crippen molar-refractivity contribution in [2.24, 2.45) is 5.92 Å². The normalized spacial score (nSPS) is 32.9. The number of carbonyl (C=O) groups excluding carboxylic acids is 2. The summed E-state index contributed by atoms with van der Waals surface area (Å²) in [6.45, 7) is 2.80. The van der Waals surface area contributed by atoms with Gasteiger partial charge in [0.2, 0.25) is 11.8 Å². The van der Waals surface area contributed by atoms with E-state index in [4.69, 9.17) is 0 Å². The highest BCUT2D eigenvalue weighted by Gasteiger charge is 2.59. The lowest BCUT2D eigenvalue weighted by molar-refractivity contribution is -0.139. The molecular formula is C16H21Br2NO2S2. The van der Waals surface area contributed by atoms with E-state index in [2.05, 4.69) is 38.8 Å². The summed E-state index contributed by atoms with van der Waals surface area (Å²) in [4.78, 5) is 26.9. The third-order valence-corrected chi connectivity index (χ3v) is 9.85. The molecule has 3 aliphatic rings. The Morgan fingerprint density at radius 2 is 1.74 bits per heavy atom. The number of halogens is 2. The van der Waals surface area contributed by atoms with E-state index in [0.717, 1.165) is 22.2 Å². The SMILES string of the molecule is CCCCCCCCN1C(=O)C2SC3C(=C(Br)SC3Br)C2C1=O. The van der Waals surface area contributed by atoms with Crippen LogP contribution in [0.3, 0.4) is 0 Å². The molecule has 3 rings (SSSR count). The number of hydrogen-bond acceptors (Lipinski definition) is 4. The standard InChI is InChI=1S/C16H21Br2NO2S2/c1-2-3-4-5-6-7-8-19-15(20)10-9-11(14(18)23-13(9)17)22-12(10)16(19)21/h10-12,14H,2-8H2,1H3. The Kier molecular flexibility index (Phi) is 6.24. The molecule has 128 valence electrons. The number of hydrogen-bond donors (Lipinski definition) is 0. The highest BCUT2D eigenvalue weighted by molar-refractivity contribution is 9.15. The predicted octanol–water partition coefficient (Wildman–Crippen LogP) is 4.89. The first-order valence-electron chi connectivity index (χ1n) is 8.27. The summed E-state index contributed by atoms with van der Waals surface area (Å²) in [5, 5.41) is 0.0459. The molecule has 2 fully saturated rings.